The highest BCUT2D eigenvalue weighted by molar-refractivity contribution is 5.97. The molecule has 0 unspecified atom stereocenters. The van der Waals surface area contributed by atoms with E-state index in [9.17, 15) is 39.3 Å². The van der Waals surface area contributed by atoms with Crippen molar-refractivity contribution in [2.24, 2.45) is 11.3 Å². The van der Waals surface area contributed by atoms with Gasteiger partial charge >= 0.3 is 5.97 Å². The molecule has 0 radical (unpaired) electrons. The summed E-state index contributed by atoms with van der Waals surface area (Å²) < 4.78 is 0. The van der Waals surface area contributed by atoms with Crippen molar-refractivity contribution >= 4 is 29.6 Å². The van der Waals surface area contributed by atoms with Gasteiger partial charge in [0.05, 0.1) is 19.8 Å². The normalized spacial score (nSPS) is 12.0. The van der Waals surface area contributed by atoms with Crippen molar-refractivity contribution in [2.45, 2.75) is 53.5 Å². The standard InChI is InChI=1S/C29H46N4O8/c1-21(2)17-23(28(40)41)30-24(36)11-12-31(13-15-34)25(37)18-32(14-16-35)26(38)19-33(20-29(3,4)5)27(39)22-9-7-6-8-10-22/h6-10,21,23,34-35H,11-20H2,1-5H3,(H,30,36)(H,40,41)/t23-/m0/s1. The topological polar surface area (TPSA) is 168 Å². The number of aliphatic carboxylic acids is 1. The number of carboxylic acids is 1. The molecule has 0 bridgehead atoms. The molecule has 0 fully saturated rings. The lowest BCUT2D eigenvalue weighted by Crippen LogP contribution is -2.50. The zero-order valence-electron chi connectivity index (χ0n) is 24.8. The van der Waals surface area contributed by atoms with Crippen LogP contribution in [0.2, 0.25) is 0 Å². The van der Waals surface area contributed by atoms with E-state index in [-0.39, 0.29) is 62.8 Å². The summed E-state index contributed by atoms with van der Waals surface area (Å²) in [5.41, 5.74) is 0.0932. The van der Waals surface area contributed by atoms with Gasteiger partial charge in [0.15, 0.2) is 0 Å². The van der Waals surface area contributed by atoms with E-state index < -0.39 is 49.5 Å². The molecule has 0 aliphatic heterocycles. The fraction of sp³-hybridized carbons (Fsp3) is 0.621. The monoisotopic (exact) mass is 578 g/mol. The minimum atomic E-state index is -1.15. The molecule has 0 saturated heterocycles. The molecular weight excluding hydrogens is 532 g/mol. The Morgan fingerprint density at radius 3 is 1.88 bits per heavy atom. The number of hydrogen-bond donors (Lipinski definition) is 4. The van der Waals surface area contributed by atoms with E-state index in [0.29, 0.717) is 5.56 Å². The van der Waals surface area contributed by atoms with Crippen molar-refractivity contribution in [3.05, 3.63) is 35.9 Å². The minimum Gasteiger partial charge on any atom is -0.480 e. The SMILES string of the molecule is CC(C)C[C@H](NC(=O)CCN(CCO)C(=O)CN(CCO)C(=O)CN(CC(C)(C)C)C(=O)c1ccccc1)C(=O)O. The molecule has 0 aromatic heterocycles. The van der Waals surface area contributed by atoms with Crippen LogP contribution in [0, 0.1) is 11.3 Å². The number of benzene rings is 1. The summed E-state index contributed by atoms with van der Waals surface area (Å²) in [6.45, 7) is 7.81. The van der Waals surface area contributed by atoms with Gasteiger partial charge in [0, 0.05) is 38.2 Å². The van der Waals surface area contributed by atoms with Crippen LogP contribution in [-0.4, -0.2) is 118 Å². The van der Waals surface area contributed by atoms with Crippen molar-refractivity contribution in [1.29, 1.82) is 0 Å². The van der Waals surface area contributed by atoms with Crippen molar-refractivity contribution < 1.29 is 39.3 Å². The van der Waals surface area contributed by atoms with Gasteiger partial charge in [-0.15, -0.1) is 0 Å². The van der Waals surface area contributed by atoms with Crippen LogP contribution < -0.4 is 5.32 Å². The number of aliphatic hydroxyl groups excluding tert-OH is 2. The molecule has 0 aliphatic rings. The molecule has 12 nitrogen and oxygen atoms in total. The Kier molecular flexibility index (Phi) is 15.0. The maximum Gasteiger partial charge on any atom is 0.326 e. The van der Waals surface area contributed by atoms with Crippen LogP contribution in [0.1, 0.15) is 57.8 Å². The third kappa shape index (κ3) is 13.6. The first-order chi connectivity index (χ1) is 19.2. The van der Waals surface area contributed by atoms with Crippen molar-refractivity contribution in [1.82, 2.24) is 20.0 Å². The van der Waals surface area contributed by atoms with Crippen LogP contribution in [-0.2, 0) is 19.2 Å². The lowest BCUT2D eigenvalue weighted by Gasteiger charge is -2.32. The van der Waals surface area contributed by atoms with E-state index in [2.05, 4.69) is 5.32 Å². The molecular formula is C29H46N4O8. The summed E-state index contributed by atoms with van der Waals surface area (Å²) >= 11 is 0. The molecule has 41 heavy (non-hydrogen) atoms. The second-order valence-corrected chi connectivity index (χ2v) is 11.6. The van der Waals surface area contributed by atoms with Gasteiger partial charge < -0.3 is 35.3 Å². The maximum atomic E-state index is 13.3. The van der Waals surface area contributed by atoms with E-state index in [1.54, 1.807) is 30.3 Å². The molecule has 1 atom stereocenters. The predicted octanol–water partition coefficient (Wildman–Crippen LogP) is 0.822. The van der Waals surface area contributed by atoms with Gasteiger partial charge in [-0.05, 0) is 29.9 Å². The smallest absolute Gasteiger partial charge is 0.326 e. The first kappa shape index (κ1) is 35.5. The average molecular weight is 579 g/mol. The lowest BCUT2D eigenvalue weighted by molar-refractivity contribution is -0.143. The number of nitrogens with zero attached hydrogens (tertiary/aromatic N) is 3. The van der Waals surface area contributed by atoms with Gasteiger partial charge in [-0.3, -0.25) is 19.2 Å². The fourth-order valence-electron chi connectivity index (χ4n) is 4.15. The molecule has 1 aromatic carbocycles. The van der Waals surface area contributed by atoms with Crippen molar-refractivity contribution in [3.63, 3.8) is 0 Å². The number of carbonyl (C=O) groups is 5. The largest absolute Gasteiger partial charge is 0.480 e. The second-order valence-electron chi connectivity index (χ2n) is 11.6. The molecule has 230 valence electrons. The molecule has 0 heterocycles. The summed E-state index contributed by atoms with van der Waals surface area (Å²) in [5, 5.41) is 30.9. The van der Waals surface area contributed by atoms with E-state index in [4.69, 9.17) is 0 Å². The molecule has 12 heteroatoms. The highest BCUT2D eigenvalue weighted by Crippen LogP contribution is 2.18. The summed E-state index contributed by atoms with van der Waals surface area (Å²) in [5.74, 6) is -3.12. The Morgan fingerprint density at radius 2 is 1.37 bits per heavy atom. The Bertz CT molecular complexity index is 1010. The molecule has 1 rings (SSSR count). The van der Waals surface area contributed by atoms with Gasteiger partial charge in [0.25, 0.3) is 5.91 Å². The zero-order valence-corrected chi connectivity index (χ0v) is 24.8. The highest BCUT2D eigenvalue weighted by atomic mass is 16.4. The molecule has 4 amide bonds. The molecule has 0 spiro atoms. The van der Waals surface area contributed by atoms with Gasteiger partial charge in [0.2, 0.25) is 17.7 Å². The first-order valence-electron chi connectivity index (χ1n) is 13.8. The number of carboxylic acid groups (broad SMARTS) is 1. The number of carbonyl (C=O) groups excluding carboxylic acids is 4. The van der Waals surface area contributed by atoms with Gasteiger partial charge in [-0.1, -0.05) is 52.8 Å². The Hall–Kier alpha value is -3.51. The maximum absolute atomic E-state index is 13.3. The Morgan fingerprint density at radius 1 is 0.829 bits per heavy atom. The Balaban J connectivity index is 2.96. The van der Waals surface area contributed by atoms with Crippen LogP contribution in [0.15, 0.2) is 30.3 Å². The first-order valence-corrected chi connectivity index (χ1v) is 13.8. The summed E-state index contributed by atoms with van der Waals surface area (Å²) in [4.78, 5) is 67.2. The molecule has 0 saturated carbocycles. The average Bonchev–Trinajstić information content (AvgIpc) is 2.88. The number of rotatable bonds is 17. The quantitative estimate of drug-likeness (QED) is 0.211. The van der Waals surface area contributed by atoms with Crippen LogP contribution in [0.3, 0.4) is 0 Å². The number of hydrogen-bond acceptors (Lipinski definition) is 7. The van der Waals surface area contributed by atoms with Gasteiger partial charge in [-0.2, -0.15) is 0 Å². The Labute approximate surface area is 242 Å². The van der Waals surface area contributed by atoms with Crippen molar-refractivity contribution in [2.75, 3.05) is 52.5 Å². The second kappa shape index (κ2) is 17.3. The van der Waals surface area contributed by atoms with Crippen LogP contribution >= 0.6 is 0 Å². The zero-order chi connectivity index (χ0) is 31.2. The number of nitrogens with one attached hydrogen (secondary N) is 1. The fourth-order valence-corrected chi connectivity index (χ4v) is 4.15. The summed E-state index contributed by atoms with van der Waals surface area (Å²) in [6, 6.07) is 7.48. The third-order valence-electron chi connectivity index (χ3n) is 6.02. The third-order valence-corrected chi connectivity index (χ3v) is 6.02. The van der Waals surface area contributed by atoms with E-state index in [0.717, 1.165) is 4.90 Å². The van der Waals surface area contributed by atoms with Crippen molar-refractivity contribution in [3.8, 4) is 0 Å². The predicted molar refractivity (Wildman–Crippen MR) is 153 cm³/mol. The number of amides is 4. The molecule has 1 aromatic rings. The minimum absolute atomic E-state index is 0.0428. The van der Waals surface area contributed by atoms with Crippen LogP contribution in [0.25, 0.3) is 0 Å². The molecule has 0 aliphatic carbocycles. The summed E-state index contributed by atoms with van der Waals surface area (Å²) in [6.07, 6.45) is 0.0457. The van der Waals surface area contributed by atoms with Crippen LogP contribution in [0.5, 0.6) is 0 Å². The number of aliphatic hydroxyl groups is 2. The molecule has 4 N–H and O–H groups in total. The highest BCUT2D eigenvalue weighted by Gasteiger charge is 2.28. The summed E-state index contributed by atoms with van der Waals surface area (Å²) in [7, 11) is 0. The lowest BCUT2D eigenvalue weighted by atomic mass is 9.95. The van der Waals surface area contributed by atoms with E-state index >= 15 is 0 Å². The van der Waals surface area contributed by atoms with E-state index in [1.165, 1.54) is 9.80 Å². The van der Waals surface area contributed by atoms with E-state index in [1.807, 2.05) is 34.6 Å². The van der Waals surface area contributed by atoms with Crippen LogP contribution in [0.4, 0.5) is 0 Å². The van der Waals surface area contributed by atoms with Gasteiger partial charge in [-0.25, -0.2) is 4.79 Å². The van der Waals surface area contributed by atoms with Gasteiger partial charge in [0.1, 0.15) is 12.6 Å².